The molecule has 3 aromatic rings. The molecule has 0 unspecified atom stereocenters. The zero-order chi connectivity index (χ0) is 25.3. The molecule has 8 nitrogen and oxygen atoms in total. The minimum absolute atomic E-state index is 0.0982. The van der Waals surface area contributed by atoms with Crippen LogP contribution in [-0.2, 0) is 14.3 Å². The van der Waals surface area contributed by atoms with Crippen LogP contribution < -0.4 is 20.1 Å². The maximum absolute atomic E-state index is 13.4. The van der Waals surface area contributed by atoms with Crippen molar-refractivity contribution >= 4 is 34.8 Å². The molecule has 0 atom stereocenters. The van der Waals surface area contributed by atoms with Crippen molar-refractivity contribution < 1.29 is 28.2 Å². The molecule has 188 valence electrons. The summed E-state index contributed by atoms with van der Waals surface area (Å²) in [6.07, 6.45) is 0. The van der Waals surface area contributed by atoms with Crippen molar-refractivity contribution in [1.29, 1.82) is 0 Å². The van der Waals surface area contributed by atoms with E-state index in [1.807, 2.05) is 12.1 Å². The summed E-state index contributed by atoms with van der Waals surface area (Å²) in [5.74, 6) is 0.153. The van der Waals surface area contributed by atoms with Crippen LogP contribution in [0.5, 0.6) is 17.2 Å². The number of halogens is 2. The Hall–Kier alpha value is -3.66. The first-order chi connectivity index (χ1) is 17.5. The lowest BCUT2D eigenvalue weighted by Crippen LogP contribution is -2.40. The molecule has 1 heterocycles. The van der Waals surface area contributed by atoms with Gasteiger partial charge in [0, 0.05) is 17.3 Å². The molecule has 4 rings (SSSR count). The molecule has 0 bridgehead atoms. The number of ether oxygens (including phenoxy) is 3. The van der Waals surface area contributed by atoms with E-state index in [1.54, 1.807) is 41.3 Å². The monoisotopic (exact) mass is 513 g/mol. The van der Waals surface area contributed by atoms with Gasteiger partial charge in [0.05, 0.1) is 32.0 Å². The van der Waals surface area contributed by atoms with Gasteiger partial charge < -0.3 is 24.8 Å². The molecule has 0 aliphatic carbocycles. The predicted molar refractivity (Wildman–Crippen MR) is 134 cm³/mol. The number of benzene rings is 3. The minimum Gasteiger partial charge on any atom is -0.487 e. The zero-order valence-electron chi connectivity index (χ0n) is 19.3. The summed E-state index contributed by atoms with van der Waals surface area (Å²) < 4.78 is 31.0. The minimum atomic E-state index is -0.460. The number of anilines is 2. The molecule has 10 heteroatoms. The maximum Gasteiger partial charge on any atom is 0.238 e. The van der Waals surface area contributed by atoms with Gasteiger partial charge >= 0.3 is 0 Å². The maximum atomic E-state index is 13.4. The summed E-state index contributed by atoms with van der Waals surface area (Å²) in [4.78, 5) is 27.1. The molecular formula is C26H25ClFN3O5. The van der Waals surface area contributed by atoms with E-state index < -0.39 is 11.7 Å². The van der Waals surface area contributed by atoms with Crippen molar-refractivity contribution in [3.63, 3.8) is 0 Å². The number of nitrogens with one attached hydrogen (secondary N) is 2. The van der Waals surface area contributed by atoms with Crippen LogP contribution >= 0.6 is 11.6 Å². The highest BCUT2D eigenvalue weighted by atomic mass is 35.5. The highest BCUT2D eigenvalue weighted by molar-refractivity contribution is 6.31. The third kappa shape index (κ3) is 7.42. The smallest absolute Gasteiger partial charge is 0.238 e. The Morgan fingerprint density at radius 2 is 1.83 bits per heavy atom. The van der Waals surface area contributed by atoms with Crippen molar-refractivity contribution in [3.8, 4) is 17.2 Å². The molecule has 1 aliphatic rings. The fourth-order valence-corrected chi connectivity index (χ4v) is 3.72. The van der Waals surface area contributed by atoms with Gasteiger partial charge in [-0.3, -0.25) is 14.5 Å². The lowest BCUT2D eigenvalue weighted by atomic mass is 10.2. The molecule has 0 aromatic heterocycles. The Labute approximate surface area is 212 Å². The van der Waals surface area contributed by atoms with Gasteiger partial charge in [0.15, 0.2) is 17.2 Å². The summed E-state index contributed by atoms with van der Waals surface area (Å²) in [7, 11) is 0. The fourth-order valence-electron chi connectivity index (χ4n) is 3.54. The van der Waals surface area contributed by atoms with Crippen molar-refractivity contribution in [3.05, 3.63) is 77.6 Å². The normalized spacial score (nSPS) is 15.1. The van der Waals surface area contributed by atoms with Crippen LogP contribution in [0.25, 0.3) is 0 Å². The average molecular weight is 514 g/mol. The molecule has 0 saturated heterocycles. The van der Waals surface area contributed by atoms with Crippen LogP contribution in [0.4, 0.5) is 15.8 Å². The van der Waals surface area contributed by atoms with E-state index in [0.29, 0.717) is 46.8 Å². The standard InChI is InChI=1S/C26H25ClFN3O5/c27-18-8-9-22-21(14-18)30-26(33)17-31(16-25(32)29-20-5-3-4-19(28)15-20)10-11-34-12-13-35-23-6-1-2-7-24(23)36-22/h1-9,14-15H,10-13,16-17H2,(H,29,32)(H,30,33). The third-order valence-electron chi connectivity index (χ3n) is 5.16. The molecule has 0 fully saturated rings. The molecule has 0 radical (unpaired) electrons. The van der Waals surface area contributed by atoms with Gasteiger partial charge in [-0.1, -0.05) is 29.8 Å². The number of rotatable bonds is 3. The van der Waals surface area contributed by atoms with Crippen LogP contribution in [0.1, 0.15) is 0 Å². The van der Waals surface area contributed by atoms with Gasteiger partial charge in [0.25, 0.3) is 0 Å². The SMILES string of the molecule is O=C(CN1CCOCCOc2ccccc2Oc2ccc(Cl)cc2NC(=O)C1)Nc1cccc(F)c1. The fraction of sp³-hybridized carbons (Fsp3) is 0.231. The number of para-hydroxylation sites is 2. The molecular weight excluding hydrogens is 489 g/mol. The lowest BCUT2D eigenvalue weighted by molar-refractivity contribution is -0.120. The number of hydrogen-bond donors (Lipinski definition) is 2. The van der Waals surface area contributed by atoms with Crippen LogP contribution in [-0.4, -0.2) is 56.2 Å². The highest BCUT2D eigenvalue weighted by Gasteiger charge is 2.18. The van der Waals surface area contributed by atoms with Crippen molar-refractivity contribution in [1.82, 2.24) is 4.90 Å². The number of hydrogen-bond acceptors (Lipinski definition) is 6. The van der Waals surface area contributed by atoms with E-state index in [-0.39, 0.29) is 32.2 Å². The quantitative estimate of drug-likeness (QED) is 0.534. The van der Waals surface area contributed by atoms with E-state index >= 15 is 0 Å². The summed E-state index contributed by atoms with van der Waals surface area (Å²) in [5.41, 5.74) is 0.703. The molecule has 2 N–H and O–H groups in total. The van der Waals surface area contributed by atoms with Crippen molar-refractivity contribution in [2.45, 2.75) is 0 Å². The number of carbonyl (C=O) groups is 2. The van der Waals surface area contributed by atoms with Gasteiger partial charge in [-0.2, -0.15) is 0 Å². The second kappa shape index (κ2) is 12.3. The second-order valence-corrected chi connectivity index (χ2v) is 8.40. The van der Waals surface area contributed by atoms with Crippen molar-refractivity contribution in [2.24, 2.45) is 0 Å². The number of amides is 2. The van der Waals surface area contributed by atoms with Crippen LogP contribution in [0.2, 0.25) is 5.02 Å². The third-order valence-corrected chi connectivity index (χ3v) is 5.40. The van der Waals surface area contributed by atoms with E-state index in [1.165, 1.54) is 18.2 Å². The van der Waals surface area contributed by atoms with Gasteiger partial charge in [-0.15, -0.1) is 0 Å². The molecule has 0 saturated carbocycles. The van der Waals surface area contributed by atoms with Crippen molar-refractivity contribution in [2.75, 3.05) is 50.1 Å². The van der Waals surface area contributed by atoms with E-state index in [9.17, 15) is 14.0 Å². The second-order valence-electron chi connectivity index (χ2n) is 7.97. The average Bonchev–Trinajstić information content (AvgIpc) is 2.83. The Morgan fingerprint density at radius 3 is 2.67 bits per heavy atom. The summed E-state index contributed by atoms with van der Waals surface area (Å²) in [6, 6.07) is 17.7. The number of fused-ring (bicyclic) bond motifs is 2. The summed E-state index contributed by atoms with van der Waals surface area (Å²) in [6.45, 7) is 0.957. The Bertz CT molecular complexity index is 1230. The number of carbonyl (C=O) groups excluding carboxylic acids is 2. The van der Waals surface area contributed by atoms with E-state index in [4.69, 9.17) is 25.8 Å². The first kappa shape index (κ1) is 25.4. The highest BCUT2D eigenvalue weighted by Crippen LogP contribution is 2.36. The molecule has 36 heavy (non-hydrogen) atoms. The van der Waals surface area contributed by atoms with Crippen LogP contribution in [0, 0.1) is 5.82 Å². The summed E-state index contributed by atoms with van der Waals surface area (Å²) >= 11 is 6.17. The van der Waals surface area contributed by atoms with Gasteiger partial charge in [-0.25, -0.2) is 4.39 Å². The van der Waals surface area contributed by atoms with Gasteiger partial charge in [0.1, 0.15) is 12.4 Å². The van der Waals surface area contributed by atoms with E-state index in [2.05, 4.69) is 10.6 Å². The number of nitrogens with zero attached hydrogens (tertiary/aromatic N) is 1. The largest absolute Gasteiger partial charge is 0.487 e. The van der Waals surface area contributed by atoms with Gasteiger partial charge in [0.2, 0.25) is 11.8 Å². The summed E-state index contributed by atoms with van der Waals surface area (Å²) in [5, 5.41) is 5.87. The molecule has 2 amide bonds. The molecule has 1 aliphatic heterocycles. The Balaban J connectivity index is 1.51. The Kier molecular flexibility index (Phi) is 8.72. The van der Waals surface area contributed by atoms with Crippen LogP contribution in [0.3, 0.4) is 0 Å². The molecule has 3 aromatic carbocycles. The lowest BCUT2D eigenvalue weighted by Gasteiger charge is -2.21. The predicted octanol–water partition coefficient (Wildman–Crippen LogP) is 4.56. The van der Waals surface area contributed by atoms with E-state index in [0.717, 1.165) is 0 Å². The van der Waals surface area contributed by atoms with Gasteiger partial charge in [-0.05, 0) is 48.5 Å². The zero-order valence-corrected chi connectivity index (χ0v) is 20.1. The Morgan fingerprint density at radius 1 is 1.00 bits per heavy atom. The topological polar surface area (TPSA) is 89.1 Å². The first-order valence-corrected chi connectivity index (χ1v) is 11.7. The molecule has 0 spiro atoms. The van der Waals surface area contributed by atoms with Crippen LogP contribution in [0.15, 0.2) is 66.7 Å². The first-order valence-electron chi connectivity index (χ1n) is 11.3.